The van der Waals surface area contributed by atoms with Crippen LogP contribution in [0.3, 0.4) is 0 Å². The van der Waals surface area contributed by atoms with Gasteiger partial charge < -0.3 is 9.47 Å². The fourth-order valence-corrected chi connectivity index (χ4v) is 2.60. The summed E-state index contributed by atoms with van der Waals surface area (Å²) in [7, 11) is -3.67. The Hall–Kier alpha value is -2.62. The summed E-state index contributed by atoms with van der Waals surface area (Å²) in [6.07, 6.45) is 0.894. The van der Waals surface area contributed by atoms with E-state index in [0.29, 0.717) is 36.1 Å². The number of carbonyl (C=O) groups excluding carboxylic acids is 1. The monoisotopic (exact) mass is 338 g/mol. The summed E-state index contributed by atoms with van der Waals surface area (Å²) >= 11 is 0. The average molecular weight is 338 g/mol. The van der Waals surface area contributed by atoms with Crippen molar-refractivity contribution in [2.24, 2.45) is 0 Å². The third-order valence-corrected chi connectivity index (χ3v) is 3.71. The Bertz CT molecular complexity index is 874. The highest BCUT2D eigenvalue weighted by Crippen LogP contribution is 2.32. The summed E-state index contributed by atoms with van der Waals surface area (Å²) in [5.41, 5.74) is 0.964. The zero-order valence-electron chi connectivity index (χ0n) is 12.4. The van der Waals surface area contributed by atoms with Crippen LogP contribution in [0.25, 0.3) is 5.69 Å². The van der Waals surface area contributed by atoms with Gasteiger partial charge in [-0.05, 0) is 19.1 Å². The highest BCUT2D eigenvalue weighted by molar-refractivity contribution is 7.89. The number of aromatic nitrogens is 3. The van der Waals surface area contributed by atoms with Gasteiger partial charge in [-0.25, -0.2) is 17.8 Å². The first-order chi connectivity index (χ1) is 10.8. The van der Waals surface area contributed by atoms with E-state index in [9.17, 15) is 13.2 Å². The van der Waals surface area contributed by atoms with Gasteiger partial charge in [-0.3, -0.25) is 4.79 Å². The molecule has 3 rings (SSSR count). The van der Waals surface area contributed by atoms with E-state index in [0.717, 1.165) is 6.26 Å². The number of benzene rings is 1. The van der Waals surface area contributed by atoms with Crippen LogP contribution in [-0.2, 0) is 10.0 Å². The van der Waals surface area contributed by atoms with Gasteiger partial charge in [-0.1, -0.05) is 5.21 Å². The van der Waals surface area contributed by atoms with Crippen LogP contribution in [0.4, 0.5) is 0 Å². The summed E-state index contributed by atoms with van der Waals surface area (Å²) in [5.74, 6) is 0.382. The molecule has 2 heterocycles. The molecular weight excluding hydrogens is 324 g/mol. The van der Waals surface area contributed by atoms with Gasteiger partial charge in [0.1, 0.15) is 13.2 Å². The summed E-state index contributed by atoms with van der Waals surface area (Å²) in [6.45, 7) is 2.56. The van der Waals surface area contributed by atoms with E-state index in [4.69, 9.17) is 9.47 Å². The van der Waals surface area contributed by atoms with Crippen LogP contribution in [0.15, 0.2) is 18.2 Å². The number of amides is 1. The summed E-state index contributed by atoms with van der Waals surface area (Å²) in [6, 6.07) is 5.20. The summed E-state index contributed by atoms with van der Waals surface area (Å²) in [4.78, 5) is 11.9. The van der Waals surface area contributed by atoms with Crippen LogP contribution in [0, 0.1) is 6.92 Å². The molecule has 0 bridgehead atoms. The maximum atomic E-state index is 11.9. The number of hydrogen-bond donors (Lipinski definition) is 1. The first-order valence-corrected chi connectivity index (χ1v) is 8.59. The summed E-state index contributed by atoms with van der Waals surface area (Å²) < 4.78 is 36.5. The number of rotatable bonds is 3. The molecule has 0 aliphatic carbocycles. The van der Waals surface area contributed by atoms with Crippen molar-refractivity contribution in [1.29, 1.82) is 0 Å². The molecule has 0 saturated carbocycles. The number of carbonyl (C=O) groups is 1. The Labute approximate surface area is 132 Å². The third-order valence-electron chi connectivity index (χ3n) is 3.16. The zero-order valence-corrected chi connectivity index (χ0v) is 13.3. The molecule has 23 heavy (non-hydrogen) atoms. The molecule has 0 atom stereocenters. The lowest BCUT2D eigenvalue weighted by Crippen LogP contribution is -2.30. The second kappa shape index (κ2) is 5.54. The SMILES string of the molecule is Cc1c(C(=O)NS(C)(=O)=O)nnn1-c1ccc2c(c1)OCCO2. The molecule has 1 amide bonds. The lowest BCUT2D eigenvalue weighted by atomic mass is 10.2. The number of ether oxygens (including phenoxy) is 2. The maximum absolute atomic E-state index is 11.9. The summed E-state index contributed by atoms with van der Waals surface area (Å²) in [5, 5.41) is 7.65. The quantitative estimate of drug-likeness (QED) is 0.840. The molecule has 1 aliphatic rings. The van der Waals surface area contributed by atoms with Gasteiger partial charge in [0.25, 0.3) is 5.91 Å². The van der Waals surface area contributed by atoms with E-state index in [1.807, 2.05) is 4.72 Å². The fraction of sp³-hybridized carbons (Fsp3) is 0.308. The second-order valence-corrected chi connectivity index (χ2v) is 6.72. The Morgan fingerprint density at radius 2 is 1.96 bits per heavy atom. The molecule has 1 aliphatic heterocycles. The minimum absolute atomic E-state index is 0.0645. The number of fused-ring (bicyclic) bond motifs is 1. The number of hydrogen-bond acceptors (Lipinski definition) is 7. The predicted octanol–water partition coefficient (Wildman–Crippen LogP) is 0.0363. The Morgan fingerprint density at radius 3 is 2.65 bits per heavy atom. The largest absolute Gasteiger partial charge is 0.486 e. The topological polar surface area (TPSA) is 112 Å². The van der Waals surface area contributed by atoms with Crippen LogP contribution >= 0.6 is 0 Å². The molecule has 9 nitrogen and oxygen atoms in total. The van der Waals surface area contributed by atoms with Crippen molar-refractivity contribution in [3.8, 4) is 17.2 Å². The van der Waals surface area contributed by atoms with Crippen molar-refractivity contribution in [1.82, 2.24) is 19.7 Å². The van der Waals surface area contributed by atoms with Crippen molar-refractivity contribution in [2.75, 3.05) is 19.5 Å². The first-order valence-electron chi connectivity index (χ1n) is 6.69. The maximum Gasteiger partial charge on any atom is 0.287 e. The zero-order chi connectivity index (χ0) is 16.6. The average Bonchev–Trinajstić information content (AvgIpc) is 2.87. The lowest BCUT2D eigenvalue weighted by Gasteiger charge is -2.18. The molecule has 1 N–H and O–H groups in total. The van der Waals surface area contributed by atoms with Gasteiger partial charge in [-0.2, -0.15) is 0 Å². The fourth-order valence-electron chi connectivity index (χ4n) is 2.16. The van der Waals surface area contributed by atoms with E-state index < -0.39 is 15.9 Å². The van der Waals surface area contributed by atoms with Crippen molar-refractivity contribution in [2.45, 2.75) is 6.92 Å². The van der Waals surface area contributed by atoms with Gasteiger partial charge in [0.05, 0.1) is 17.6 Å². The molecule has 2 aromatic rings. The molecule has 0 spiro atoms. The van der Waals surface area contributed by atoms with Gasteiger partial charge in [0, 0.05) is 6.07 Å². The highest BCUT2D eigenvalue weighted by atomic mass is 32.2. The molecule has 122 valence electrons. The molecule has 10 heteroatoms. The number of nitrogens with one attached hydrogen (secondary N) is 1. The minimum Gasteiger partial charge on any atom is -0.486 e. The highest BCUT2D eigenvalue weighted by Gasteiger charge is 2.21. The van der Waals surface area contributed by atoms with Crippen molar-refractivity contribution in [3.63, 3.8) is 0 Å². The van der Waals surface area contributed by atoms with Crippen LogP contribution in [-0.4, -0.2) is 48.8 Å². The van der Waals surface area contributed by atoms with Crippen LogP contribution in [0.1, 0.15) is 16.2 Å². The van der Waals surface area contributed by atoms with Gasteiger partial charge in [0.2, 0.25) is 10.0 Å². The van der Waals surface area contributed by atoms with Gasteiger partial charge >= 0.3 is 0 Å². The third kappa shape index (κ3) is 3.11. The molecule has 0 radical (unpaired) electrons. The van der Waals surface area contributed by atoms with E-state index in [-0.39, 0.29) is 5.69 Å². The van der Waals surface area contributed by atoms with Gasteiger partial charge in [0.15, 0.2) is 17.2 Å². The van der Waals surface area contributed by atoms with Crippen LogP contribution < -0.4 is 14.2 Å². The molecule has 1 aromatic heterocycles. The van der Waals surface area contributed by atoms with E-state index in [1.165, 1.54) is 4.68 Å². The molecule has 0 fully saturated rings. The Kier molecular flexibility index (Phi) is 3.68. The first kappa shape index (κ1) is 15.3. The minimum atomic E-state index is -3.67. The van der Waals surface area contributed by atoms with Crippen LogP contribution in [0.5, 0.6) is 11.5 Å². The lowest BCUT2D eigenvalue weighted by molar-refractivity contribution is 0.0976. The van der Waals surface area contributed by atoms with Crippen LogP contribution in [0.2, 0.25) is 0 Å². The Balaban J connectivity index is 1.94. The molecule has 0 unspecified atom stereocenters. The number of sulfonamides is 1. The van der Waals surface area contributed by atoms with E-state index in [2.05, 4.69) is 10.3 Å². The predicted molar refractivity (Wildman–Crippen MR) is 79.4 cm³/mol. The second-order valence-electron chi connectivity index (χ2n) is 4.97. The molecule has 1 aromatic carbocycles. The van der Waals surface area contributed by atoms with Gasteiger partial charge in [-0.15, -0.1) is 5.10 Å². The molecular formula is C13H14N4O5S. The normalized spacial score (nSPS) is 13.7. The van der Waals surface area contributed by atoms with Crippen molar-refractivity contribution < 1.29 is 22.7 Å². The van der Waals surface area contributed by atoms with Crippen molar-refractivity contribution >= 4 is 15.9 Å². The molecule has 0 saturated heterocycles. The Morgan fingerprint density at radius 1 is 1.26 bits per heavy atom. The van der Waals surface area contributed by atoms with E-state index in [1.54, 1.807) is 25.1 Å². The van der Waals surface area contributed by atoms with E-state index >= 15 is 0 Å². The standard InChI is InChI=1S/C13H14N4O5S/c1-8-12(13(18)15-23(2,19)20)14-16-17(8)9-3-4-10-11(7-9)22-6-5-21-10/h3-4,7H,5-6H2,1-2H3,(H,15,18). The van der Waals surface area contributed by atoms with Crippen molar-refractivity contribution in [3.05, 3.63) is 29.6 Å². The number of nitrogens with zero attached hydrogens (tertiary/aromatic N) is 3. The smallest absolute Gasteiger partial charge is 0.287 e.